The molecule has 4 rings (SSSR count). The van der Waals surface area contributed by atoms with Crippen molar-refractivity contribution < 1.29 is 23.9 Å². The Morgan fingerprint density at radius 3 is 1.06 bits per heavy atom. The van der Waals surface area contributed by atoms with Gasteiger partial charge in [0.05, 0.1) is 0 Å². The highest BCUT2D eigenvalue weighted by atomic mass is 16.7. The van der Waals surface area contributed by atoms with Gasteiger partial charge < -0.3 is 9.47 Å². The third kappa shape index (κ3) is 6.35. The fourth-order valence-electron chi connectivity index (χ4n) is 6.67. The van der Waals surface area contributed by atoms with Crippen LogP contribution in [0, 0.1) is 23.7 Å². The summed E-state index contributed by atoms with van der Waals surface area (Å²) < 4.78 is 11.2. The second-order valence-electron chi connectivity index (χ2n) is 10.9. The van der Waals surface area contributed by atoms with Crippen LogP contribution in [0.4, 0.5) is 4.79 Å². The zero-order valence-electron chi connectivity index (χ0n) is 19.7. The smallest absolute Gasteiger partial charge is 0.431 e. The molecule has 0 bridgehead atoms. The van der Waals surface area contributed by atoms with Crippen molar-refractivity contribution >= 4 is 17.7 Å². The molecule has 0 saturated heterocycles. The third-order valence-corrected chi connectivity index (χ3v) is 8.69. The monoisotopic (exact) mass is 446 g/mol. The highest BCUT2D eigenvalue weighted by Crippen LogP contribution is 2.35. The summed E-state index contributed by atoms with van der Waals surface area (Å²) in [5, 5.41) is 0. The molecule has 0 spiro atoms. The summed E-state index contributed by atoms with van der Waals surface area (Å²) in [6, 6.07) is 0. The Morgan fingerprint density at radius 2 is 0.719 bits per heavy atom. The van der Waals surface area contributed by atoms with E-state index in [-0.39, 0.29) is 35.9 Å². The van der Waals surface area contributed by atoms with Gasteiger partial charge in [0, 0.05) is 23.7 Å². The van der Waals surface area contributed by atoms with Crippen molar-refractivity contribution in [1.82, 2.24) is 0 Å². The number of carbonyl (C=O) groups excluding carboxylic acids is 3. The molecule has 0 heterocycles. The number of hydrogen-bond acceptors (Lipinski definition) is 5. The maximum atomic E-state index is 12.8. The maximum absolute atomic E-state index is 12.8. The minimum absolute atomic E-state index is 0.123. The summed E-state index contributed by atoms with van der Waals surface area (Å²) in [6.45, 7) is 0. The molecule has 0 atom stereocenters. The van der Waals surface area contributed by atoms with E-state index in [0.29, 0.717) is 11.6 Å². The Bertz CT molecular complexity index is 576. The highest BCUT2D eigenvalue weighted by Gasteiger charge is 2.35. The lowest BCUT2D eigenvalue weighted by molar-refractivity contribution is -0.129. The first kappa shape index (κ1) is 23.8. The molecule has 4 aliphatic rings. The van der Waals surface area contributed by atoms with Crippen LogP contribution in [0.2, 0.25) is 0 Å². The minimum atomic E-state index is -0.561. The summed E-state index contributed by atoms with van der Waals surface area (Å²) in [7, 11) is 0. The third-order valence-electron chi connectivity index (χ3n) is 8.69. The molecule has 0 aromatic carbocycles. The van der Waals surface area contributed by atoms with Crippen LogP contribution in [0.15, 0.2) is 0 Å². The lowest BCUT2D eigenvalue weighted by Gasteiger charge is -2.32. The Kier molecular flexibility index (Phi) is 8.65. The van der Waals surface area contributed by atoms with E-state index < -0.39 is 6.16 Å². The number of rotatable bonds is 6. The normalized spacial score (nSPS) is 32.8. The van der Waals surface area contributed by atoms with Crippen LogP contribution in [-0.2, 0) is 19.1 Å². The Morgan fingerprint density at radius 1 is 0.406 bits per heavy atom. The quantitative estimate of drug-likeness (QED) is 0.432. The van der Waals surface area contributed by atoms with Crippen molar-refractivity contribution in [2.75, 3.05) is 0 Å². The van der Waals surface area contributed by atoms with Crippen molar-refractivity contribution in [3.63, 3.8) is 0 Å². The molecule has 32 heavy (non-hydrogen) atoms. The van der Waals surface area contributed by atoms with E-state index in [1.807, 2.05) is 0 Å². The van der Waals surface area contributed by atoms with Gasteiger partial charge in [-0.25, -0.2) is 4.79 Å². The number of ether oxygens (including phenoxy) is 2. The highest BCUT2D eigenvalue weighted by molar-refractivity contribution is 5.84. The lowest BCUT2D eigenvalue weighted by Crippen LogP contribution is -2.34. The summed E-state index contributed by atoms with van der Waals surface area (Å²) in [6.07, 6.45) is 17.2. The van der Waals surface area contributed by atoms with Crippen LogP contribution in [-0.4, -0.2) is 29.9 Å². The van der Waals surface area contributed by atoms with Gasteiger partial charge >= 0.3 is 6.16 Å². The van der Waals surface area contributed by atoms with Crippen LogP contribution >= 0.6 is 0 Å². The number of ketones is 2. The van der Waals surface area contributed by atoms with E-state index in [9.17, 15) is 14.4 Å². The Hall–Kier alpha value is -1.39. The molecule has 0 amide bonds. The van der Waals surface area contributed by atoms with E-state index in [2.05, 4.69) is 0 Å². The lowest BCUT2D eigenvalue weighted by atomic mass is 9.76. The van der Waals surface area contributed by atoms with Crippen LogP contribution < -0.4 is 0 Å². The number of hydrogen-bond donors (Lipinski definition) is 0. The second kappa shape index (κ2) is 11.7. The van der Waals surface area contributed by atoms with Gasteiger partial charge in [-0.2, -0.15) is 0 Å². The molecular weight excluding hydrogens is 404 g/mol. The van der Waals surface area contributed by atoms with Gasteiger partial charge in [-0.1, -0.05) is 38.5 Å². The average Bonchev–Trinajstić information content (AvgIpc) is 2.85. The average molecular weight is 447 g/mol. The maximum Gasteiger partial charge on any atom is 0.508 e. The van der Waals surface area contributed by atoms with Crippen LogP contribution in [0.25, 0.3) is 0 Å². The molecule has 0 radical (unpaired) electrons. The van der Waals surface area contributed by atoms with Crippen LogP contribution in [0.3, 0.4) is 0 Å². The van der Waals surface area contributed by atoms with E-state index >= 15 is 0 Å². The van der Waals surface area contributed by atoms with E-state index in [0.717, 1.165) is 77.0 Å². The molecular formula is C27H42O5. The summed E-state index contributed by atoms with van der Waals surface area (Å²) >= 11 is 0. The van der Waals surface area contributed by atoms with Gasteiger partial charge in [0.25, 0.3) is 0 Å². The molecule has 5 heteroatoms. The molecule has 5 nitrogen and oxygen atoms in total. The van der Waals surface area contributed by atoms with Crippen molar-refractivity contribution in [3.05, 3.63) is 0 Å². The molecule has 180 valence electrons. The Labute approximate surface area is 193 Å². The standard InChI is InChI=1S/C27H42O5/c28-25(19-7-3-1-4-8-19)21-11-15-23(16-12-21)31-27(30)32-24-17-13-22(14-18-24)26(29)20-9-5-2-6-10-20/h19-24H,1-18H2. The molecule has 4 saturated carbocycles. The summed E-state index contributed by atoms with van der Waals surface area (Å²) in [5.41, 5.74) is 0. The molecule has 0 aromatic heterocycles. The zero-order chi connectivity index (χ0) is 22.3. The fourth-order valence-corrected chi connectivity index (χ4v) is 6.67. The molecule has 0 unspecified atom stereocenters. The second-order valence-corrected chi connectivity index (χ2v) is 10.9. The number of carbonyl (C=O) groups is 3. The molecule has 0 aliphatic heterocycles. The topological polar surface area (TPSA) is 69.7 Å². The van der Waals surface area contributed by atoms with Crippen molar-refractivity contribution in [2.45, 2.75) is 128 Å². The van der Waals surface area contributed by atoms with Gasteiger partial charge in [-0.15, -0.1) is 0 Å². The molecule has 4 aliphatic carbocycles. The first-order chi connectivity index (χ1) is 15.6. The predicted molar refractivity (Wildman–Crippen MR) is 122 cm³/mol. The predicted octanol–water partition coefficient (Wildman–Crippen LogP) is 6.56. The molecule has 0 N–H and O–H groups in total. The zero-order valence-corrected chi connectivity index (χ0v) is 19.7. The van der Waals surface area contributed by atoms with E-state index in [1.165, 1.54) is 38.5 Å². The summed E-state index contributed by atoms with van der Waals surface area (Å²) in [4.78, 5) is 37.9. The van der Waals surface area contributed by atoms with Gasteiger partial charge in [-0.3, -0.25) is 9.59 Å². The summed E-state index contributed by atoms with van der Waals surface area (Å²) in [5.74, 6) is 1.79. The van der Waals surface area contributed by atoms with Crippen LogP contribution in [0.5, 0.6) is 0 Å². The van der Waals surface area contributed by atoms with Crippen LogP contribution in [0.1, 0.15) is 116 Å². The SMILES string of the molecule is O=C(OC1CCC(C(=O)C2CCCCC2)CC1)OC1CCC(C(=O)C2CCCCC2)CC1. The van der Waals surface area contributed by atoms with Crippen molar-refractivity contribution in [1.29, 1.82) is 0 Å². The van der Waals surface area contributed by atoms with Gasteiger partial charge in [0.15, 0.2) is 0 Å². The first-order valence-electron chi connectivity index (χ1n) is 13.5. The van der Waals surface area contributed by atoms with Gasteiger partial charge in [-0.05, 0) is 77.0 Å². The first-order valence-corrected chi connectivity index (χ1v) is 13.5. The Balaban J connectivity index is 1.12. The fraction of sp³-hybridized carbons (Fsp3) is 0.889. The largest absolute Gasteiger partial charge is 0.508 e. The number of Topliss-reactive ketones (excluding diaryl/α,β-unsaturated/α-hetero) is 2. The van der Waals surface area contributed by atoms with Crippen molar-refractivity contribution in [2.24, 2.45) is 23.7 Å². The molecule has 0 aromatic rings. The van der Waals surface area contributed by atoms with Gasteiger partial charge in [0.1, 0.15) is 23.8 Å². The van der Waals surface area contributed by atoms with Crippen molar-refractivity contribution in [3.8, 4) is 0 Å². The molecule has 4 fully saturated rings. The van der Waals surface area contributed by atoms with E-state index in [4.69, 9.17) is 9.47 Å². The van der Waals surface area contributed by atoms with Gasteiger partial charge in [0.2, 0.25) is 0 Å². The minimum Gasteiger partial charge on any atom is -0.431 e. The van der Waals surface area contributed by atoms with E-state index in [1.54, 1.807) is 0 Å².